The van der Waals surface area contributed by atoms with E-state index >= 15 is 0 Å². The lowest BCUT2D eigenvalue weighted by Crippen LogP contribution is -2.45. The quantitative estimate of drug-likeness (QED) is 0.716. The fraction of sp³-hybridized carbons (Fsp3) is 0.263. The molecule has 1 heterocycles. The van der Waals surface area contributed by atoms with Crippen molar-refractivity contribution in [2.75, 3.05) is 25.9 Å². The van der Waals surface area contributed by atoms with E-state index in [1.165, 1.54) is 43.1 Å². The predicted molar refractivity (Wildman–Crippen MR) is 114 cm³/mol. The van der Waals surface area contributed by atoms with Crippen molar-refractivity contribution >= 4 is 50.1 Å². The molecule has 0 unspecified atom stereocenters. The van der Waals surface area contributed by atoms with Gasteiger partial charge >= 0.3 is 0 Å². The standard InChI is InChI=1S/C19H20ClN3O3S2/c1-22(28(25,26)17-10-8-15(20)9-11-17)14-18(24)23-12-5-13-27-19(23)21-16-6-3-2-4-7-16/h2-4,6-11H,5,12-14H2,1H3. The fourth-order valence-corrected chi connectivity index (χ4v) is 4.87. The Kier molecular flexibility index (Phi) is 6.77. The maximum atomic E-state index is 12.8. The second-order valence-electron chi connectivity index (χ2n) is 6.19. The van der Waals surface area contributed by atoms with Gasteiger partial charge in [-0.25, -0.2) is 13.4 Å². The van der Waals surface area contributed by atoms with Crippen LogP contribution < -0.4 is 0 Å². The first-order valence-electron chi connectivity index (χ1n) is 8.67. The second-order valence-corrected chi connectivity index (χ2v) is 9.74. The number of para-hydroxylation sites is 1. The number of hydrogen-bond acceptors (Lipinski definition) is 5. The van der Waals surface area contributed by atoms with Crippen molar-refractivity contribution in [3.63, 3.8) is 0 Å². The molecule has 0 aliphatic carbocycles. The minimum absolute atomic E-state index is 0.0957. The molecule has 0 saturated carbocycles. The third-order valence-electron chi connectivity index (χ3n) is 4.15. The second kappa shape index (κ2) is 9.09. The SMILES string of the molecule is CN(CC(=O)N1CCCSC1=Nc1ccccc1)S(=O)(=O)c1ccc(Cl)cc1. The molecule has 1 fully saturated rings. The Hall–Kier alpha value is -1.87. The van der Waals surface area contributed by atoms with Crippen LogP contribution >= 0.6 is 23.4 Å². The fourth-order valence-electron chi connectivity index (χ4n) is 2.64. The molecule has 0 aromatic heterocycles. The summed E-state index contributed by atoms with van der Waals surface area (Å²) in [6, 6.07) is 15.3. The monoisotopic (exact) mass is 437 g/mol. The Morgan fingerprint density at radius 2 is 1.86 bits per heavy atom. The minimum atomic E-state index is -3.79. The average molecular weight is 438 g/mol. The third kappa shape index (κ3) is 4.94. The highest BCUT2D eigenvalue weighted by Crippen LogP contribution is 2.23. The number of sulfonamides is 1. The van der Waals surface area contributed by atoms with Crippen LogP contribution in [-0.4, -0.2) is 54.6 Å². The lowest BCUT2D eigenvalue weighted by atomic mass is 10.3. The number of likely N-dealkylation sites (N-methyl/N-ethyl adjacent to an activating group) is 1. The molecule has 9 heteroatoms. The number of carbonyl (C=O) groups is 1. The Labute approximate surface area is 174 Å². The molecule has 6 nitrogen and oxygen atoms in total. The first kappa shape index (κ1) is 20.9. The number of rotatable bonds is 5. The van der Waals surface area contributed by atoms with Crippen LogP contribution in [0, 0.1) is 0 Å². The number of nitrogens with zero attached hydrogens (tertiary/aromatic N) is 3. The molecule has 3 rings (SSSR count). The van der Waals surface area contributed by atoms with Gasteiger partial charge in [0.05, 0.1) is 17.1 Å². The average Bonchev–Trinajstić information content (AvgIpc) is 2.69. The molecule has 1 aliphatic rings. The van der Waals surface area contributed by atoms with E-state index in [0.29, 0.717) is 16.7 Å². The largest absolute Gasteiger partial charge is 0.290 e. The van der Waals surface area contributed by atoms with Gasteiger partial charge in [-0.15, -0.1) is 0 Å². The maximum absolute atomic E-state index is 12.8. The van der Waals surface area contributed by atoms with Gasteiger partial charge in [0.15, 0.2) is 5.17 Å². The molecule has 0 bridgehead atoms. The number of benzene rings is 2. The lowest BCUT2D eigenvalue weighted by molar-refractivity contribution is -0.127. The third-order valence-corrected chi connectivity index (χ3v) is 7.28. The first-order valence-corrected chi connectivity index (χ1v) is 11.5. The zero-order valence-corrected chi connectivity index (χ0v) is 17.7. The number of amidine groups is 1. The molecule has 0 N–H and O–H groups in total. The van der Waals surface area contributed by atoms with Crippen molar-refractivity contribution in [2.24, 2.45) is 4.99 Å². The number of aliphatic imine (C=N–C) groups is 1. The number of carbonyl (C=O) groups excluding carboxylic acids is 1. The van der Waals surface area contributed by atoms with Gasteiger partial charge in [-0.2, -0.15) is 4.31 Å². The highest BCUT2D eigenvalue weighted by Gasteiger charge is 2.29. The molecule has 28 heavy (non-hydrogen) atoms. The molecule has 2 aromatic carbocycles. The van der Waals surface area contributed by atoms with Gasteiger partial charge in [-0.3, -0.25) is 9.69 Å². The van der Waals surface area contributed by atoms with E-state index in [2.05, 4.69) is 4.99 Å². The zero-order chi connectivity index (χ0) is 20.1. The molecule has 0 atom stereocenters. The van der Waals surface area contributed by atoms with Crippen molar-refractivity contribution in [3.8, 4) is 0 Å². The predicted octanol–water partition coefficient (Wildman–Crippen LogP) is 3.61. The summed E-state index contributed by atoms with van der Waals surface area (Å²) in [7, 11) is -2.39. The van der Waals surface area contributed by atoms with Crippen LogP contribution in [0.25, 0.3) is 0 Å². The van der Waals surface area contributed by atoms with Gasteiger partial charge in [-0.05, 0) is 42.8 Å². The van der Waals surface area contributed by atoms with E-state index in [0.717, 1.165) is 22.2 Å². The van der Waals surface area contributed by atoms with Crippen LogP contribution in [0.15, 0.2) is 64.5 Å². The van der Waals surface area contributed by atoms with Gasteiger partial charge in [0.1, 0.15) is 0 Å². The van der Waals surface area contributed by atoms with Crippen LogP contribution in [0.1, 0.15) is 6.42 Å². The summed E-state index contributed by atoms with van der Waals surface area (Å²) in [6.45, 7) is 0.256. The van der Waals surface area contributed by atoms with Crippen molar-refractivity contribution in [3.05, 3.63) is 59.6 Å². The van der Waals surface area contributed by atoms with E-state index in [1.807, 2.05) is 30.3 Å². The Balaban J connectivity index is 1.76. The Bertz CT molecular complexity index is 964. The van der Waals surface area contributed by atoms with Crippen molar-refractivity contribution in [1.29, 1.82) is 0 Å². The van der Waals surface area contributed by atoms with E-state index in [-0.39, 0.29) is 17.3 Å². The van der Waals surface area contributed by atoms with Gasteiger partial charge in [0.25, 0.3) is 0 Å². The summed E-state index contributed by atoms with van der Waals surface area (Å²) in [5.41, 5.74) is 0.756. The highest BCUT2D eigenvalue weighted by molar-refractivity contribution is 8.13. The lowest BCUT2D eigenvalue weighted by Gasteiger charge is -2.29. The molecule has 2 aromatic rings. The summed E-state index contributed by atoms with van der Waals surface area (Å²) in [4.78, 5) is 19.1. The van der Waals surface area contributed by atoms with E-state index in [9.17, 15) is 13.2 Å². The van der Waals surface area contributed by atoms with Crippen molar-refractivity contribution in [1.82, 2.24) is 9.21 Å². The summed E-state index contributed by atoms with van der Waals surface area (Å²) in [5, 5.41) is 1.05. The van der Waals surface area contributed by atoms with Crippen LogP contribution in [0.2, 0.25) is 5.02 Å². The van der Waals surface area contributed by atoms with E-state index < -0.39 is 10.0 Å². The smallest absolute Gasteiger partial charge is 0.243 e. The Morgan fingerprint density at radius 1 is 1.18 bits per heavy atom. The number of hydrogen-bond donors (Lipinski definition) is 0. The molecule has 1 saturated heterocycles. The van der Waals surface area contributed by atoms with Crippen LogP contribution in [0.3, 0.4) is 0 Å². The van der Waals surface area contributed by atoms with E-state index in [1.54, 1.807) is 4.90 Å². The van der Waals surface area contributed by atoms with Crippen LogP contribution in [0.4, 0.5) is 5.69 Å². The summed E-state index contributed by atoms with van der Waals surface area (Å²) in [5.74, 6) is 0.566. The van der Waals surface area contributed by atoms with Crippen molar-refractivity contribution in [2.45, 2.75) is 11.3 Å². The summed E-state index contributed by atoms with van der Waals surface area (Å²) < 4.78 is 26.5. The number of halogens is 1. The molecular formula is C19H20ClN3O3S2. The molecule has 1 aliphatic heterocycles. The van der Waals surface area contributed by atoms with Gasteiger partial charge < -0.3 is 0 Å². The van der Waals surface area contributed by atoms with Crippen LogP contribution in [0.5, 0.6) is 0 Å². The first-order chi connectivity index (χ1) is 13.4. The normalized spacial score (nSPS) is 16.5. The van der Waals surface area contributed by atoms with Crippen LogP contribution in [-0.2, 0) is 14.8 Å². The van der Waals surface area contributed by atoms with E-state index in [4.69, 9.17) is 11.6 Å². The maximum Gasteiger partial charge on any atom is 0.243 e. The topological polar surface area (TPSA) is 70.1 Å². The van der Waals surface area contributed by atoms with Crippen molar-refractivity contribution < 1.29 is 13.2 Å². The van der Waals surface area contributed by atoms with Gasteiger partial charge in [-0.1, -0.05) is 41.6 Å². The molecule has 0 spiro atoms. The number of amides is 1. The molecular weight excluding hydrogens is 418 g/mol. The molecule has 148 valence electrons. The summed E-state index contributed by atoms with van der Waals surface area (Å²) in [6.07, 6.45) is 0.831. The Morgan fingerprint density at radius 3 is 2.54 bits per heavy atom. The minimum Gasteiger partial charge on any atom is -0.290 e. The van der Waals surface area contributed by atoms with Gasteiger partial charge in [0.2, 0.25) is 15.9 Å². The van der Waals surface area contributed by atoms with Gasteiger partial charge in [0, 0.05) is 24.4 Å². The number of thioether (sulfide) groups is 1. The highest BCUT2D eigenvalue weighted by atomic mass is 35.5. The summed E-state index contributed by atoms with van der Waals surface area (Å²) >= 11 is 7.32. The molecule has 1 amide bonds. The zero-order valence-electron chi connectivity index (χ0n) is 15.3. The molecule has 0 radical (unpaired) electrons.